The minimum absolute atomic E-state index is 0.829. The van der Waals surface area contributed by atoms with Gasteiger partial charge in [-0.1, -0.05) is 121 Å². The van der Waals surface area contributed by atoms with Crippen molar-refractivity contribution >= 4 is 82.9 Å². The number of fused-ring (bicyclic) bond motifs is 10. The molecule has 12 rings (SSSR count). The number of rotatable bonds is 6. The largest absolute Gasteiger partial charge is 0.456 e. The molecule has 0 amide bonds. The molecule has 0 aliphatic carbocycles. The maximum Gasteiger partial charge on any atom is 0.137 e. The van der Waals surface area contributed by atoms with Crippen molar-refractivity contribution in [3.63, 3.8) is 0 Å². The molecule has 0 aliphatic heterocycles. The van der Waals surface area contributed by atoms with E-state index in [4.69, 9.17) is 13.3 Å². The van der Waals surface area contributed by atoms with Gasteiger partial charge in [0.25, 0.3) is 0 Å². The Bertz CT molecular complexity index is 3400. The van der Waals surface area contributed by atoms with E-state index in [-0.39, 0.29) is 0 Å². The van der Waals surface area contributed by atoms with Crippen LogP contribution in [-0.2, 0) is 0 Å². The molecule has 0 unspecified atom stereocenters. The zero-order valence-corrected chi connectivity index (χ0v) is 31.2. The topological polar surface area (TPSA) is 42.7 Å². The molecule has 0 saturated carbocycles. The molecule has 4 nitrogen and oxygen atoms in total. The van der Waals surface area contributed by atoms with Gasteiger partial charge in [0.2, 0.25) is 0 Å². The molecule has 0 N–H and O–H groups in total. The van der Waals surface area contributed by atoms with Crippen LogP contribution in [0.25, 0.3) is 99.2 Å². The third-order valence-electron chi connectivity index (χ3n) is 11.5. The van der Waals surface area contributed by atoms with Gasteiger partial charge in [0.05, 0.1) is 0 Å². The van der Waals surface area contributed by atoms with Crippen molar-refractivity contribution in [2.24, 2.45) is 0 Å². The first-order chi connectivity index (χ1) is 28.7. The van der Waals surface area contributed by atoms with Crippen LogP contribution in [0.5, 0.6) is 0 Å². The van der Waals surface area contributed by atoms with Crippen LogP contribution < -0.4 is 4.90 Å². The van der Waals surface area contributed by atoms with Gasteiger partial charge in [-0.25, -0.2) is 0 Å². The summed E-state index contributed by atoms with van der Waals surface area (Å²) in [5, 5.41) is 6.44. The molecule has 272 valence electrons. The molecular weight excluding hydrogens is 711 g/mol. The Morgan fingerprint density at radius 3 is 1.43 bits per heavy atom. The van der Waals surface area contributed by atoms with Crippen LogP contribution in [0.1, 0.15) is 0 Å². The molecule has 0 radical (unpaired) electrons. The number of hydrogen-bond acceptors (Lipinski definition) is 4. The lowest BCUT2D eigenvalue weighted by Crippen LogP contribution is -2.09. The lowest BCUT2D eigenvalue weighted by Gasteiger charge is -2.26. The maximum atomic E-state index is 6.76. The van der Waals surface area contributed by atoms with Crippen LogP contribution in [0.15, 0.2) is 213 Å². The highest BCUT2D eigenvalue weighted by Crippen LogP contribution is 2.45. The Labute approximate surface area is 333 Å². The monoisotopic (exact) mass is 743 g/mol. The van der Waals surface area contributed by atoms with E-state index in [2.05, 4.69) is 175 Å². The zero-order valence-electron chi connectivity index (χ0n) is 31.2. The number of para-hydroxylation sites is 1. The van der Waals surface area contributed by atoms with E-state index in [1.165, 1.54) is 22.3 Å². The van der Waals surface area contributed by atoms with E-state index in [0.717, 1.165) is 94.0 Å². The van der Waals surface area contributed by atoms with E-state index in [1.54, 1.807) is 0 Å². The molecule has 0 fully saturated rings. The van der Waals surface area contributed by atoms with E-state index in [0.29, 0.717) is 0 Å². The summed E-state index contributed by atoms with van der Waals surface area (Å²) in [6.07, 6.45) is 0. The van der Waals surface area contributed by atoms with Crippen LogP contribution in [0.3, 0.4) is 0 Å². The van der Waals surface area contributed by atoms with Crippen LogP contribution in [-0.4, -0.2) is 0 Å². The van der Waals surface area contributed by atoms with Crippen molar-refractivity contribution in [3.8, 4) is 33.4 Å². The Morgan fingerprint density at radius 1 is 0.259 bits per heavy atom. The molecule has 3 heterocycles. The summed E-state index contributed by atoms with van der Waals surface area (Å²) >= 11 is 0. The normalized spacial score (nSPS) is 11.8. The minimum atomic E-state index is 0.829. The molecule has 9 aromatic carbocycles. The van der Waals surface area contributed by atoms with Crippen LogP contribution in [0.4, 0.5) is 17.1 Å². The average molecular weight is 744 g/mol. The molecular formula is C54H33NO3. The summed E-state index contributed by atoms with van der Waals surface area (Å²) in [5.41, 5.74) is 15.1. The van der Waals surface area contributed by atoms with E-state index < -0.39 is 0 Å². The van der Waals surface area contributed by atoms with Gasteiger partial charge in [0, 0.05) is 55.4 Å². The van der Waals surface area contributed by atoms with Gasteiger partial charge in [0.1, 0.15) is 33.5 Å². The van der Waals surface area contributed by atoms with Gasteiger partial charge in [-0.05, 0) is 106 Å². The quantitative estimate of drug-likeness (QED) is 0.170. The number of benzene rings is 9. The lowest BCUT2D eigenvalue weighted by atomic mass is 9.96. The smallest absolute Gasteiger partial charge is 0.137 e. The summed E-state index contributed by atoms with van der Waals surface area (Å²) in [4.78, 5) is 2.30. The fraction of sp³-hybridized carbons (Fsp3) is 0. The van der Waals surface area contributed by atoms with Crippen molar-refractivity contribution in [2.75, 3.05) is 4.90 Å². The second-order valence-electron chi connectivity index (χ2n) is 14.8. The van der Waals surface area contributed by atoms with Crippen molar-refractivity contribution in [1.29, 1.82) is 0 Å². The maximum absolute atomic E-state index is 6.76. The van der Waals surface area contributed by atoms with Crippen molar-refractivity contribution < 1.29 is 13.3 Å². The van der Waals surface area contributed by atoms with Gasteiger partial charge in [0.15, 0.2) is 0 Å². The fourth-order valence-corrected chi connectivity index (χ4v) is 8.75. The standard InChI is InChI=1S/C54H33NO3/c1-3-10-34(11-4-1)36-18-23-39(24-19-36)55(40-25-20-37(21-26-40)35-12-5-2-6-13-35)41-27-29-44-43-28-22-38(32-50(43)58-51(44)33-41)42-15-9-17-47-52(42)54-49(57-47)31-30-48-53(54)45-14-7-8-16-46(45)56-48/h1-33H. The molecule has 3 aromatic heterocycles. The molecule has 12 aromatic rings. The molecule has 0 aliphatic rings. The highest BCUT2D eigenvalue weighted by Gasteiger charge is 2.21. The first-order valence-electron chi connectivity index (χ1n) is 19.6. The number of furan rings is 3. The molecule has 0 saturated heterocycles. The van der Waals surface area contributed by atoms with Gasteiger partial charge in [-0.3, -0.25) is 0 Å². The lowest BCUT2D eigenvalue weighted by molar-refractivity contribution is 0.663. The van der Waals surface area contributed by atoms with Crippen molar-refractivity contribution in [2.45, 2.75) is 0 Å². The summed E-state index contributed by atoms with van der Waals surface area (Å²) < 4.78 is 19.5. The van der Waals surface area contributed by atoms with Gasteiger partial charge in [-0.15, -0.1) is 0 Å². The molecule has 0 spiro atoms. The Balaban J connectivity index is 0.982. The van der Waals surface area contributed by atoms with Gasteiger partial charge in [-0.2, -0.15) is 0 Å². The number of hydrogen-bond donors (Lipinski definition) is 0. The van der Waals surface area contributed by atoms with Crippen LogP contribution in [0, 0.1) is 0 Å². The third kappa shape index (κ3) is 5.16. The first kappa shape index (κ1) is 32.4. The first-order valence-corrected chi connectivity index (χ1v) is 19.6. The predicted octanol–water partition coefficient (Wildman–Crippen LogP) is 15.9. The highest BCUT2D eigenvalue weighted by atomic mass is 16.3. The van der Waals surface area contributed by atoms with E-state index in [1.807, 2.05) is 30.3 Å². The average Bonchev–Trinajstić information content (AvgIpc) is 3.98. The second-order valence-corrected chi connectivity index (χ2v) is 14.8. The summed E-state index contributed by atoms with van der Waals surface area (Å²) in [5.74, 6) is 0. The van der Waals surface area contributed by atoms with Crippen molar-refractivity contribution in [3.05, 3.63) is 200 Å². The van der Waals surface area contributed by atoms with E-state index >= 15 is 0 Å². The number of anilines is 3. The molecule has 4 heteroatoms. The highest BCUT2D eigenvalue weighted by molar-refractivity contribution is 6.28. The fourth-order valence-electron chi connectivity index (χ4n) is 8.75. The SMILES string of the molecule is c1ccc(-c2ccc(N(c3ccc(-c4ccccc4)cc3)c3ccc4c(c3)oc3cc(-c5cccc6oc7ccc8oc9ccccc9c8c7c56)ccc34)cc2)cc1. The third-order valence-corrected chi connectivity index (χ3v) is 11.5. The Hall–Kier alpha value is -7.82. The number of nitrogens with zero attached hydrogens (tertiary/aromatic N) is 1. The van der Waals surface area contributed by atoms with Gasteiger partial charge >= 0.3 is 0 Å². The predicted molar refractivity (Wildman–Crippen MR) is 239 cm³/mol. The van der Waals surface area contributed by atoms with Gasteiger partial charge < -0.3 is 18.2 Å². The minimum Gasteiger partial charge on any atom is -0.456 e. The zero-order chi connectivity index (χ0) is 38.2. The Kier molecular flexibility index (Phi) is 7.20. The van der Waals surface area contributed by atoms with Crippen molar-refractivity contribution in [1.82, 2.24) is 0 Å². The summed E-state index contributed by atoms with van der Waals surface area (Å²) in [7, 11) is 0. The van der Waals surface area contributed by atoms with Crippen LogP contribution in [0.2, 0.25) is 0 Å². The van der Waals surface area contributed by atoms with Crippen LogP contribution >= 0.6 is 0 Å². The summed E-state index contributed by atoms with van der Waals surface area (Å²) in [6.45, 7) is 0. The Morgan fingerprint density at radius 2 is 0.741 bits per heavy atom. The summed E-state index contributed by atoms with van der Waals surface area (Å²) in [6, 6.07) is 70.2. The molecule has 0 atom stereocenters. The second kappa shape index (κ2) is 12.9. The molecule has 58 heavy (non-hydrogen) atoms. The molecule has 0 bridgehead atoms. The van der Waals surface area contributed by atoms with E-state index in [9.17, 15) is 0 Å².